The molecule has 0 bridgehead atoms. The fourth-order valence-corrected chi connectivity index (χ4v) is 2.31. The number of hydrogen-bond acceptors (Lipinski definition) is 3. The standard InChI is InChI=1S/C13H17BrFN3O2/c1-3-13(4-2,11(16)18-20)12(19)17-10-6-5-8(14)7-9(10)15/h5-7,20H,3-4H2,1-2H3,(H2,16,18)(H,17,19). The molecule has 1 rings (SSSR count). The van der Waals surface area contributed by atoms with Gasteiger partial charge in [0.2, 0.25) is 5.91 Å². The highest BCUT2D eigenvalue weighted by molar-refractivity contribution is 9.10. The van der Waals surface area contributed by atoms with Gasteiger partial charge in [0, 0.05) is 4.47 Å². The molecule has 0 aliphatic rings. The smallest absolute Gasteiger partial charge is 0.238 e. The molecule has 110 valence electrons. The molecule has 1 amide bonds. The lowest BCUT2D eigenvalue weighted by Crippen LogP contribution is -2.46. The second-order valence-corrected chi connectivity index (χ2v) is 5.27. The first kappa shape index (κ1) is 16.4. The lowest BCUT2D eigenvalue weighted by molar-refractivity contribution is -0.122. The molecule has 0 heterocycles. The van der Waals surface area contributed by atoms with Gasteiger partial charge in [-0.2, -0.15) is 0 Å². The van der Waals surface area contributed by atoms with Crippen molar-refractivity contribution in [2.24, 2.45) is 16.3 Å². The molecular formula is C13H17BrFN3O2. The number of benzene rings is 1. The van der Waals surface area contributed by atoms with E-state index >= 15 is 0 Å². The molecule has 0 spiro atoms. The topological polar surface area (TPSA) is 87.7 Å². The molecule has 4 N–H and O–H groups in total. The van der Waals surface area contributed by atoms with Crippen molar-refractivity contribution in [3.63, 3.8) is 0 Å². The SMILES string of the molecule is CCC(CC)(C(=O)Nc1ccc(Br)cc1F)C(N)=NO. The Morgan fingerprint density at radius 3 is 2.55 bits per heavy atom. The van der Waals surface area contributed by atoms with Crippen molar-refractivity contribution in [3.8, 4) is 0 Å². The third-order valence-corrected chi connectivity index (χ3v) is 3.91. The summed E-state index contributed by atoms with van der Waals surface area (Å²) >= 11 is 3.14. The number of nitrogens with two attached hydrogens (primary N) is 1. The number of nitrogens with one attached hydrogen (secondary N) is 1. The Hall–Kier alpha value is -1.63. The second kappa shape index (κ2) is 6.69. The average Bonchev–Trinajstić information content (AvgIpc) is 2.43. The van der Waals surface area contributed by atoms with Gasteiger partial charge in [0.15, 0.2) is 5.84 Å². The summed E-state index contributed by atoms with van der Waals surface area (Å²) < 4.78 is 14.3. The monoisotopic (exact) mass is 345 g/mol. The number of anilines is 1. The number of amides is 1. The van der Waals surface area contributed by atoms with Crippen LogP contribution in [0.5, 0.6) is 0 Å². The zero-order valence-electron chi connectivity index (χ0n) is 11.3. The van der Waals surface area contributed by atoms with Crippen LogP contribution in [0.2, 0.25) is 0 Å². The molecule has 0 unspecified atom stereocenters. The maximum absolute atomic E-state index is 13.7. The van der Waals surface area contributed by atoms with E-state index in [0.29, 0.717) is 17.3 Å². The van der Waals surface area contributed by atoms with Gasteiger partial charge >= 0.3 is 0 Å². The van der Waals surface area contributed by atoms with E-state index in [9.17, 15) is 9.18 Å². The average molecular weight is 346 g/mol. The molecule has 0 aliphatic carbocycles. The molecule has 5 nitrogen and oxygen atoms in total. The number of hydrogen-bond donors (Lipinski definition) is 3. The van der Waals surface area contributed by atoms with Crippen molar-refractivity contribution in [2.45, 2.75) is 26.7 Å². The number of amidine groups is 1. The predicted octanol–water partition coefficient (Wildman–Crippen LogP) is 3.08. The maximum atomic E-state index is 13.7. The number of carbonyl (C=O) groups excluding carboxylic acids is 1. The highest BCUT2D eigenvalue weighted by Crippen LogP contribution is 2.29. The van der Waals surface area contributed by atoms with Crippen molar-refractivity contribution >= 4 is 33.4 Å². The first-order valence-corrected chi connectivity index (χ1v) is 6.95. The molecule has 1 aromatic rings. The quantitative estimate of drug-likeness (QED) is 0.331. The van der Waals surface area contributed by atoms with Crippen molar-refractivity contribution in [3.05, 3.63) is 28.5 Å². The zero-order valence-corrected chi connectivity index (χ0v) is 12.9. The van der Waals surface area contributed by atoms with Crippen LogP contribution in [0, 0.1) is 11.2 Å². The van der Waals surface area contributed by atoms with E-state index in [-0.39, 0.29) is 11.5 Å². The number of oxime groups is 1. The Labute approximate surface area is 125 Å². The Bertz CT molecular complexity index is 530. The van der Waals surface area contributed by atoms with E-state index in [1.165, 1.54) is 12.1 Å². The summed E-state index contributed by atoms with van der Waals surface area (Å²) in [5.74, 6) is -1.25. The van der Waals surface area contributed by atoms with Crippen LogP contribution in [-0.4, -0.2) is 17.0 Å². The molecule has 0 radical (unpaired) electrons. The number of rotatable bonds is 5. The lowest BCUT2D eigenvalue weighted by Gasteiger charge is -2.28. The zero-order chi connectivity index (χ0) is 15.3. The van der Waals surface area contributed by atoms with Crippen LogP contribution in [0.15, 0.2) is 27.8 Å². The van der Waals surface area contributed by atoms with Gasteiger partial charge in [-0.15, -0.1) is 0 Å². The van der Waals surface area contributed by atoms with Crippen LogP contribution < -0.4 is 11.1 Å². The summed E-state index contributed by atoms with van der Waals surface area (Å²) in [5, 5.41) is 14.3. The Morgan fingerprint density at radius 1 is 1.50 bits per heavy atom. The highest BCUT2D eigenvalue weighted by atomic mass is 79.9. The van der Waals surface area contributed by atoms with Crippen LogP contribution in [-0.2, 0) is 4.79 Å². The van der Waals surface area contributed by atoms with Gasteiger partial charge in [-0.1, -0.05) is 34.9 Å². The van der Waals surface area contributed by atoms with E-state index in [4.69, 9.17) is 10.9 Å². The Morgan fingerprint density at radius 2 is 2.10 bits per heavy atom. The Kier molecular flexibility index (Phi) is 5.50. The minimum atomic E-state index is -1.16. The summed E-state index contributed by atoms with van der Waals surface area (Å²) in [6, 6.07) is 4.31. The van der Waals surface area contributed by atoms with Crippen LogP contribution in [0.1, 0.15) is 26.7 Å². The lowest BCUT2D eigenvalue weighted by atomic mass is 9.80. The first-order valence-electron chi connectivity index (χ1n) is 6.15. The molecule has 0 fully saturated rings. The molecule has 1 aromatic carbocycles. The van der Waals surface area contributed by atoms with Gasteiger partial charge in [0.25, 0.3) is 0 Å². The minimum absolute atomic E-state index is 0.0511. The van der Waals surface area contributed by atoms with E-state index in [0.717, 1.165) is 0 Å². The van der Waals surface area contributed by atoms with Crippen molar-refractivity contribution in [1.82, 2.24) is 0 Å². The second-order valence-electron chi connectivity index (χ2n) is 4.35. The maximum Gasteiger partial charge on any atom is 0.238 e. The largest absolute Gasteiger partial charge is 0.409 e. The van der Waals surface area contributed by atoms with Gasteiger partial charge in [-0.05, 0) is 31.0 Å². The third kappa shape index (κ3) is 3.09. The van der Waals surface area contributed by atoms with Crippen LogP contribution in [0.4, 0.5) is 10.1 Å². The van der Waals surface area contributed by atoms with E-state index in [1.807, 2.05) is 0 Å². The number of carbonyl (C=O) groups is 1. The summed E-state index contributed by atoms with van der Waals surface area (Å²) in [7, 11) is 0. The number of halogens is 2. The summed E-state index contributed by atoms with van der Waals surface area (Å²) in [6.45, 7) is 3.50. The molecule has 0 saturated carbocycles. The van der Waals surface area contributed by atoms with E-state index < -0.39 is 17.1 Å². The van der Waals surface area contributed by atoms with E-state index in [1.54, 1.807) is 19.9 Å². The minimum Gasteiger partial charge on any atom is -0.409 e. The fourth-order valence-electron chi connectivity index (χ4n) is 1.98. The molecule has 0 saturated heterocycles. The van der Waals surface area contributed by atoms with Crippen molar-refractivity contribution < 1.29 is 14.4 Å². The van der Waals surface area contributed by atoms with Crippen LogP contribution in [0.3, 0.4) is 0 Å². The third-order valence-electron chi connectivity index (χ3n) is 3.42. The van der Waals surface area contributed by atoms with Crippen molar-refractivity contribution in [2.75, 3.05) is 5.32 Å². The summed E-state index contributed by atoms with van der Waals surface area (Å²) in [6.07, 6.45) is 0.673. The van der Waals surface area contributed by atoms with Gasteiger partial charge in [0.05, 0.1) is 5.69 Å². The van der Waals surface area contributed by atoms with Gasteiger partial charge in [0.1, 0.15) is 11.2 Å². The summed E-state index contributed by atoms with van der Waals surface area (Å²) in [5.41, 5.74) is 4.52. The van der Waals surface area contributed by atoms with Crippen LogP contribution >= 0.6 is 15.9 Å². The van der Waals surface area contributed by atoms with Gasteiger partial charge in [-0.25, -0.2) is 4.39 Å². The first-order chi connectivity index (χ1) is 9.41. The predicted molar refractivity (Wildman–Crippen MR) is 79.2 cm³/mol. The fraction of sp³-hybridized carbons (Fsp3) is 0.385. The van der Waals surface area contributed by atoms with E-state index in [2.05, 4.69) is 26.4 Å². The van der Waals surface area contributed by atoms with Gasteiger partial charge in [-0.3, -0.25) is 4.79 Å². The highest BCUT2D eigenvalue weighted by Gasteiger charge is 2.40. The van der Waals surface area contributed by atoms with Crippen molar-refractivity contribution in [1.29, 1.82) is 0 Å². The van der Waals surface area contributed by atoms with Gasteiger partial charge < -0.3 is 16.3 Å². The summed E-state index contributed by atoms with van der Waals surface area (Å²) in [4.78, 5) is 12.4. The molecule has 0 aromatic heterocycles. The Balaban J connectivity index is 3.09. The number of nitrogens with zero attached hydrogens (tertiary/aromatic N) is 1. The molecule has 0 aliphatic heterocycles. The van der Waals surface area contributed by atoms with Crippen LogP contribution in [0.25, 0.3) is 0 Å². The molecule has 0 atom stereocenters. The molecular weight excluding hydrogens is 329 g/mol. The molecule has 20 heavy (non-hydrogen) atoms. The normalized spacial score (nSPS) is 12.3. The molecule has 7 heteroatoms.